The van der Waals surface area contributed by atoms with E-state index in [0.29, 0.717) is 30.3 Å². The minimum Gasteiger partial charge on any atom is -0.439 e. The number of pyridine rings is 1. The fourth-order valence-corrected chi connectivity index (χ4v) is 2.03. The van der Waals surface area contributed by atoms with Crippen molar-refractivity contribution in [3.05, 3.63) is 60.8 Å². The summed E-state index contributed by atoms with van der Waals surface area (Å²) in [5.41, 5.74) is 1.79. The molecular formula is C17H17N5O2. The summed E-state index contributed by atoms with van der Waals surface area (Å²) >= 11 is 0. The maximum Gasteiger partial charge on any atom is 0.226 e. The lowest BCUT2D eigenvalue weighted by molar-refractivity contribution is -0.116. The number of carbonyl (C=O) groups excluding carboxylic acids is 1. The van der Waals surface area contributed by atoms with E-state index >= 15 is 0 Å². The molecule has 0 saturated carbocycles. The summed E-state index contributed by atoms with van der Waals surface area (Å²) in [6.45, 7) is 2.46. The molecule has 0 fully saturated rings. The number of nitrogens with zero attached hydrogens (tertiary/aromatic N) is 4. The lowest BCUT2D eigenvalue weighted by Crippen LogP contribution is -2.14. The number of benzene rings is 1. The van der Waals surface area contributed by atoms with Crippen LogP contribution in [0.4, 0.5) is 5.69 Å². The van der Waals surface area contributed by atoms with E-state index in [9.17, 15) is 4.79 Å². The number of anilines is 1. The number of hydrogen-bond donors (Lipinski definition) is 1. The Kier molecular flexibility index (Phi) is 4.81. The Hall–Kier alpha value is -3.22. The first-order chi connectivity index (χ1) is 11.7. The van der Waals surface area contributed by atoms with Gasteiger partial charge in [-0.25, -0.2) is 9.97 Å². The lowest BCUT2D eigenvalue weighted by atomic mass is 10.3. The number of carbonyl (C=O) groups is 1. The van der Waals surface area contributed by atoms with Crippen LogP contribution in [-0.4, -0.2) is 25.7 Å². The van der Waals surface area contributed by atoms with Crippen molar-refractivity contribution in [2.24, 2.45) is 0 Å². The SMILES string of the molecule is Cc1ccc(Oc2ccc(NC(=O)CCn3cncn3)cc2)nc1. The van der Waals surface area contributed by atoms with E-state index in [4.69, 9.17) is 4.74 Å². The zero-order valence-electron chi connectivity index (χ0n) is 13.2. The molecule has 0 aliphatic carbocycles. The number of aryl methyl sites for hydroxylation is 2. The van der Waals surface area contributed by atoms with Gasteiger partial charge < -0.3 is 10.1 Å². The highest BCUT2D eigenvalue weighted by Crippen LogP contribution is 2.21. The van der Waals surface area contributed by atoms with Crippen LogP contribution in [0.3, 0.4) is 0 Å². The van der Waals surface area contributed by atoms with Crippen molar-refractivity contribution in [3.8, 4) is 11.6 Å². The third-order valence-corrected chi connectivity index (χ3v) is 3.28. The van der Waals surface area contributed by atoms with Gasteiger partial charge in [-0.15, -0.1) is 0 Å². The second-order valence-electron chi connectivity index (χ2n) is 5.26. The highest BCUT2D eigenvalue weighted by atomic mass is 16.5. The normalized spacial score (nSPS) is 10.4. The molecule has 0 atom stereocenters. The molecule has 1 aromatic carbocycles. The minimum atomic E-state index is -0.0839. The third-order valence-electron chi connectivity index (χ3n) is 3.28. The fourth-order valence-electron chi connectivity index (χ4n) is 2.03. The Bertz CT molecular complexity index is 783. The van der Waals surface area contributed by atoms with Crippen LogP contribution in [0.5, 0.6) is 11.6 Å². The summed E-state index contributed by atoms with van der Waals surface area (Å²) in [7, 11) is 0. The van der Waals surface area contributed by atoms with Crippen molar-refractivity contribution in [2.45, 2.75) is 19.9 Å². The van der Waals surface area contributed by atoms with E-state index < -0.39 is 0 Å². The molecule has 0 spiro atoms. The van der Waals surface area contributed by atoms with E-state index in [1.54, 1.807) is 41.5 Å². The smallest absolute Gasteiger partial charge is 0.226 e. The molecule has 122 valence electrons. The summed E-state index contributed by atoms with van der Waals surface area (Å²) in [6.07, 6.45) is 5.10. The first kappa shape index (κ1) is 15.7. The molecular weight excluding hydrogens is 306 g/mol. The topological polar surface area (TPSA) is 81.9 Å². The largest absolute Gasteiger partial charge is 0.439 e. The van der Waals surface area contributed by atoms with Crippen molar-refractivity contribution in [1.82, 2.24) is 19.7 Å². The van der Waals surface area contributed by atoms with E-state index in [0.717, 1.165) is 5.56 Å². The summed E-state index contributed by atoms with van der Waals surface area (Å²) in [6, 6.07) is 10.9. The molecule has 0 aliphatic rings. The quantitative estimate of drug-likeness (QED) is 0.754. The zero-order chi connectivity index (χ0) is 16.8. The summed E-state index contributed by atoms with van der Waals surface area (Å²) in [5, 5.41) is 6.79. The number of aromatic nitrogens is 4. The zero-order valence-corrected chi connectivity index (χ0v) is 13.2. The molecule has 0 bridgehead atoms. The molecule has 1 amide bonds. The Morgan fingerprint density at radius 3 is 2.71 bits per heavy atom. The monoisotopic (exact) mass is 323 g/mol. The van der Waals surface area contributed by atoms with Gasteiger partial charge >= 0.3 is 0 Å². The second kappa shape index (κ2) is 7.36. The van der Waals surface area contributed by atoms with Crippen LogP contribution in [0.15, 0.2) is 55.2 Å². The van der Waals surface area contributed by atoms with Crippen LogP contribution in [-0.2, 0) is 11.3 Å². The van der Waals surface area contributed by atoms with Gasteiger partial charge in [-0.2, -0.15) is 5.10 Å². The molecule has 3 aromatic rings. The van der Waals surface area contributed by atoms with Crippen molar-refractivity contribution in [1.29, 1.82) is 0 Å². The van der Waals surface area contributed by atoms with Gasteiger partial charge in [0.15, 0.2) is 0 Å². The first-order valence-electron chi connectivity index (χ1n) is 7.52. The fraction of sp³-hybridized carbons (Fsp3) is 0.176. The lowest BCUT2D eigenvalue weighted by Gasteiger charge is -2.08. The average Bonchev–Trinajstić information content (AvgIpc) is 3.10. The molecule has 3 rings (SSSR count). The minimum absolute atomic E-state index is 0.0839. The third kappa shape index (κ3) is 4.39. The summed E-state index contributed by atoms with van der Waals surface area (Å²) in [5.74, 6) is 1.11. The Labute approximate surface area is 139 Å². The second-order valence-corrected chi connectivity index (χ2v) is 5.26. The number of hydrogen-bond acceptors (Lipinski definition) is 5. The van der Waals surface area contributed by atoms with Gasteiger partial charge in [-0.05, 0) is 36.8 Å². The van der Waals surface area contributed by atoms with Crippen LogP contribution in [0.1, 0.15) is 12.0 Å². The van der Waals surface area contributed by atoms with Crippen LogP contribution < -0.4 is 10.1 Å². The van der Waals surface area contributed by atoms with Crippen LogP contribution in [0, 0.1) is 6.92 Å². The van der Waals surface area contributed by atoms with E-state index in [2.05, 4.69) is 20.4 Å². The molecule has 24 heavy (non-hydrogen) atoms. The van der Waals surface area contributed by atoms with E-state index in [1.807, 2.05) is 19.1 Å². The van der Waals surface area contributed by atoms with Crippen molar-refractivity contribution < 1.29 is 9.53 Å². The predicted molar refractivity (Wildman–Crippen MR) is 88.8 cm³/mol. The number of rotatable bonds is 6. The van der Waals surface area contributed by atoms with Gasteiger partial charge in [-0.1, -0.05) is 6.07 Å². The maximum absolute atomic E-state index is 11.9. The summed E-state index contributed by atoms with van der Waals surface area (Å²) in [4.78, 5) is 19.9. The van der Waals surface area contributed by atoms with Crippen LogP contribution in [0.25, 0.3) is 0 Å². The first-order valence-corrected chi connectivity index (χ1v) is 7.52. The molecule has 1 N–H and O–H groups in total. The maximum atomic E-state index is 11.9. The van der Waals surface area contributed by atoms with Gasteiger partial charge in [-0.3, -0.25) is 9.48 Å². The van der Waals surface area contributed by atoms with E-state index in [-0.39, 0.29) is 5.91 Å². The van der Waals surface area contributed by atoms with Crippen molar-refractivity contribution >= 4 is 11.6 Å². The Morgan fingerprint density at radius 1 is 1.21 bits per heavy atom. The Balaban J connectivity index is 1.52. The van der Waals surface area contributed by atoms with Gasteiger partial charge in [0.2, 0.25) is 11.8 Å². The van der Waals surface area contributed by atoms with Gasteiger partial charge in [0.25, 0.3) is 0 Å². The van der Waals surface area contributed by atoms with Crippen molar-refractivity contribution in [2.75, 3.05) is 5.32 Å². The molecule has 2 aromatic heterocycles. The standard InChI is InChI=1S/C17H17N5O2/c1-13-2-7-17(19-10-13)24-15-5-3-14(4-6-15)21-16(23)8-9-22-12-18-11-20-22/h2-7,10-12H,8-9H2,1H3,(H,21,23). The molecule has 7 nitrogen and oxygen atoms in total. The number of nitrogens with one attached hydrogen (secondary N) is 1. The van der Waals surface area contributed by atoms with Gasteiger partial charge in [0.1, 0.15) is 18.4 Å². The van der Waals surface area contributed by atoms with Crippen molar-refractivity contribution in [3.63, 3.8) is 0 Å². The molecule has 0 aliphatic heterocycles. The van der Waals surface area contributed by atoms with Crippen LogP contribution >= 0.6 is 0 Å². The Morgan fingerprint density at radius 2 is 2.04 bits per heavy atom. The predicted octanol–water partition coefficient (Wildman–Crippen LogP) is 2.80. The molecule has 0 saturated heterocycles. The summed E-state index contributed by atoms with van der Waals surface area (Å²) < 4.78 is 7.26. The van der Waals surface area contributed by atoms with Gasteiger partial charge in [0, 0.05) is 24.4 Å². The van der Waals surface area contributed by atoms with Crippen LogP contribution in [0.2, 0.25) is 0 Å². The van der Waals surface area contributed by atoms with Gasteiger partial charge in [0.05, 0.1) is 6.54 Å². The average molecular weight is 323 g/mol. The molecule has 0 radical (unpaired) electrons. The number of amides is 1. The number of ether oxygens (including phenoxy) is 1. The highest BCUT2D eigenvalue weighted by Gasteiger charge is 2.04. The highest BCUT2D eigenvalue weighted by molar-refractivity contribution is 5.90. The molecule has 0 unspecified atom stereocenters. The molecule has 7 heteroatoms. The van der Waals surface area contributed by atoms with E-state index in [1.165, 1.54) is 6.33 Å². The molecule has 2 heterocycles.